The van der Waals surface area contributed by atoms with Gasteiger partial charge < -0.3 is 24.1 Å². The number of carbonyl (C=O) groups excluding carboxylic acids is 2. The van der Waals surface area contributed by atoms with E-state index in [9.17, 15) is 9.59 Å². The zero-order chi connectivity index (χ0) is 32.3. The SMILES string of the molecule is CNC(=O)Oc1cccc(CN(C)CCCCCCCOc2ccc(-c3oc4ccccc4c3C(=O)c3ccc(C)cc3)cc2)c1. The van der Waals surface area contributed by atoms with Gasteiger partial charge in [0.05, 0.1) is 12.2 Å². The van der Waals surface area contributed by atoms with Gasteiger partial charge in [-0.1, -0.05) is 79.4 Å². The van der Waals surface area contributed by atoms with Crippen molar-refractivity contribution in [3.63, 3.8) is 0 Å². The Hall–Kier alpha value is -4.88. The van der Waals surface area contributed by atoms with E-state index in [1.54, 1.807) is 13.1 Å². The number of ketones is 1. The summed E-state index contributed by atoms with van der Waals surface area (Å²) in [5.74, 6) is 1.88. The third-order valence-electron chi connectivity index (χ3n) is 7.97. The lowest BCUT2D eigenvalue weighted by Crippen LogP contribution is -2.22. The summed E-state index contributed by atoms with van der Waals surface area (Å²) < 4.78 is 17.5. The molecule has 0 unspecified atom stereocenters. The Morgan fingerprint density at radius 3 is 2.33 bits per heavy atom. The van der Waals surface area contributed by atoms with Gasteiger partial charge in [0.2, 0.25) is 0 Å². The van der Waals surface area contributed by atoms with Crippen LogP contribution in [0.4, 0.5) is 4.79 Å². The second kappa shape index (κ2) is 15.9. The van der Waals surface area contributed by atoms with E-state index in [1.165, 1.54) is 6.42 Å². The number of benzene rings is 4. The summed E-state index contributed by atoms with van der Waals surface area (Å²) >= 11 is 0. The topological polar surface area (TPSA) is 81.0 Å². The number of nitrogens with zero attached hydrogens (tertiary/aromatic N) is 1. The molecule has 1 N–H and O–H groups in total. The van der Waals surface area contributed by atoms with Crippen molar-refractivity contribution in [1.82, 2.24) is 10.2 Å². The maximum absolute atomic E-state index is 13.6. The molecule has 5 rings (SSSR count). The number of unbranched alkanes of at least 4 members (excludes halogenated alkanes) is 4. The molecule has 1 amide bonds. The summed E-state index contributed by atoms with van der Waals surface area (Å²) in [5.41, 5.74) is 4.99. The largest absolute Gasteiger partial charge is 0.494 e. The van der Waals surface area contributed by atoms with Crippen LogP contribution in [0, 0.1) is 6.92 Å². The van der Waals surface area contributed by atoms with Crippen molar-refractivity contribution in [2.45, 2.75) is 45.6 Å². The molecule has 238 valence electrons. The zero-order valence-corrected chi connectivity index (χ0v) is 26.9. The highest BCUT2D eigenvalue weighted by Crippen LogP contribution is 2.36. The highest BCUT2D eigenvalue weighted by molar-refractivity contribution is 6.19. The molecule has 1 aromatic heterocycles. The van der Waals surface area contributed by atoms with Gasteiger partial charge in [0.1, 0.15) is 22.8 Å². The van der Waals surface area contributed by atoms with Crippen molar-refractivity contribution in [2.24, 2.45) is 0 Å². The number of carbonyl (C=O) groups is 2. The monoisotopic (exact) mass is 618 g/mol. The fourth-order valence-electron chi connectivity index (χ4n) is 5.49. The molecule has 0 aliphatic carbocycles. The number of ether oxygens (including phenoxy) is 2. The average Bonchev–Trinajstić information content (AvgIpc) is 3.46. The van der Waals surface area contributed by atoms with Crippen molar-refractivity contribution in [3.8, 4) is 22.8 Å². The molecule has 0 atom stereocenters. The molecular weight excluding hydrogens is 576 g/mol. The van der Waals surface area contributed by atoms with Gasteiger partial charge in [0.25, 0.3) is 0 Å². The Kier molecular flexibility index (Phi) is 11.2. The third kappa shape index (κ3) is 8.64. The van der Waals surface area contributed by atoms with Crippen LogP contribution in [0.15, 0.2) is 101 Å². The molecule has 1 heterocycles. The van der Waals surface area contributed by atoms with E-state index in [1.807, 2.05) is 97.9 Å². The Labute approximate surface area is 271 Å². The van der Waals surface area contributed by atoms with Crippen LogP contribution < -0.4 is 14.8 Å². The first-order valence-electron chi connectivity index (χ1n) is 15.9. The van der Waals surface area contributed by atoms with Crippen molar-refractivity contribution >= 4 is 22.8 Å². The highest BCUT2D eigenvalue weighted by Gasteiger charge is 2.23. The lowest BCUT2D eigenvalue weighted by Gasteiger charge is -2.17. The van der Waals surface area contributed by atoms with Crippen molar-refractivity contribution in [3.05, 3.63) is 119 Å². The lowest BCUT2D eigenvalue weighted by molar-refractivity contribution is 0.104. The van der Waals surface area contributed by atoms with Crippen LogP contribution in [0.2, 0.25) is 0 Å². The number of para-hydroxylation sites is 1. The van der Waals surface area contributed by atoms with Crippen LogP contribution in [0.25, 0.3) is 22.3 Å². The maximum Gasteiger partial charge on any atom is 0.412 e. The summed E-state index contributed by atoms with van der Waals surface area (Å²) in [5, 5.41) is 3.28. The summed E-state index contributed by atoms with van der Waals surface area (Å²) in [6, 6.07) is 30.8. The molecule has 0 aliphatic rings. The Morgan fingerprint density at radius 2 is 1.54 bits per heavy atom. The molecule has 0 saturated carbocycles. The van der Waals surface area contributed by atoms with Gasteiger partial charge in [-0.05, 0) is 81.4 Å². The van der Waals surface area contributed by atoms with Gasteiger partial charge in [-0.15, -0.1) is 0 Å². The van der Waals surface area contributed by atoms with Gasteiger partial charge in [-0.3, -0.25) is 4.79 Å². The first kappa shape index (κ1) is 32.5. The van der Waals surface area contributed by atoms with Crippen molar-refractivity contribution in [2.75, 3.05) is 27.2 Å². The summed E-state index contributed by atoms with van der Waals surface area (Å²) in [6.07, 6.45) is 5.10. The van der Waals surface area contributed by atoms with Crippen LogP contribution in [0.5, 0.6) is 11.5 Å². The molecule has 5 aromatic rings. The van der Waals surface area contributed by atoms with Gasteiger partial charge in [-0.25, -0.2) is 4.79 Å². The number of rotatable bonds is 15. The van der Waals surface area contributed by atoms with E-state index in [0.29, 0.717) is 34.8 Å². The molecule has 0 spiro atoms. The number of fused-ring (bicyclic) bond motifs is 1. The maximum atomic E-state index is 13.6. The van der Waals surface area contributed by atoms with E-state index in [2.05, 4.69) is 17.3 Å². The minimum atomic E-state index is -0.463. The van der Waals surface area contributed by atoms with Crippen molar-refractivity contribution < 1.29 is 23.5 Å². The standard InChI is InChI=1S/C39H42N2O5/c1-28-16-18-30(19-17-28)37(42)36-34-14-7-8-15-35(34)46-38(36)31-20-22-32(23-21-31)44-25-10-6-4-5-9-24-41(3)27-29-12-11-13-33(26-29)45-39(43)40-2/h7-8,11-23,26H,4-6,9-10,24-25,27H2,1-3H3,(H,40,43). The number of hydrogen-bond donors (Lipinski definition) is 1. The Morgan fingerprint density at radius 1 is 0.804 bits per heavy atom. The number of furan rings is 1. The van der Waals surface area contributed by atoms with E-state index in [0.717, 1.165) is 66.6 Å². The lowest BCUT2D eigenvalue weighted by atomic mass is 9.97. The van der Waals surface area contributed by atoms with Crippen LogP contribution in [0.1, 0.15) is 59.2 Å². The third-order valence-corrected chi connectivity index (χ3v) is 7.97. The number of amides is 1. The first-order chi connectivity index (χ1) is 22.4. The zero-order valence-electron chi connectivity index (χ0n) is 26.9. The quantitative estimate of drug-likeness (QED) is 0.0933. The van der Waals surface area contributed by atoms with Crippen LogP contribution in [0.3, 0.4) is 0 Å². The van der Waals surface area contributed by atoms with E-state index in [4.69, 9.17) is 13.9 Å². The Balaban J connectivity index is 1.05. The molecule has 0 radical (unpaired) electrons. The second-order valence-electron chi connectivity index (χ2n) is 11.7. The molecule has 7 nitrogen and oxygen atoms in total. The predicted octanol–water partition coefficient (Wildman–Crippen LogP) is 8.82. The van der Waals surface area contributed by atoms with E-state index in [-0.39, 0.29) is 5.78 Å². The summed E-state index contributed by atoms with van der Waals surface area (Å²) in [4.78, 5) is 27.4. The first-order valence-corrected chi connectivity index (χ1v) is 15.9. The number of aryl methyl sites for hydroxylation is 1. The molecule has 46 heavy (non-hydrogen) atoms. The molecule has 0 bridgehead atoms. The van der Waals surface area contributed by atoms with E-state index < -0.39 is 6.09 Å². The van der Waals surface area contributed by atoms with Gasteiger partial charge in [-0.2, -0.15) is 0 Å². The van der Waals surface area contributed by atoms with Crippen LogP contribution >= 0.6 is 0 Å². The van der Waals surface area contributed by atoms with Crippen LogP contribution in [-0.2, 0) is 6.54 Å². The average molecular weight is 619 g/mol. The number of nitrogens with one attached hydrogen (secondary N) is 1. The number of hydrogen-bond acceptors (Lipinski definition) is 6. The molecule has 0 saturated heterocycles. The molecular formula is C39H42N2O5. The minimum Gasteiger partial charge on any atom is -0.494 e. The van der Waals surface area contributed by atoms with Gasteiger partial charge >= 0.3 is 6.09 Å². The fourth-order valence-corrected chi connectivity index (χ4v) is 5.49. The van der Waals surface area contributed by atoms with Crippen molar-refractivity contribution in [1.29, 1.82) is 0 Å². The molecule has 7 heteroatoms. The molecule has 0 fully saturated rings. The smallest absolute Gasteiger partial charge is 0.412 e. The normalized spacial score (nSPS) is 11.1. The molecule has 0 aliphatic heterocycles. The van der Waals surface area contributed by atoms with Crippen LogP contribution in [-0.4, -0.2) is 44.0 Å². The van der Waals surface area contributed by atoms with Gasteiger partial charge in [0, 0.05) is 30.1 Å². The molecule has 4 aromatic carbocycles. The minimum absolute atomic E-state index is 0.0497. The van der Waals surface area contributed by atoms with Gasteiger partial charge in [0.15, 0.2) is 5.78 Å². The highest BCUT2D eigenvalue weighted by atomic mass is 16.6. The Bertz CT molecular complexity index is 1740. The second-order valence-corrected chi connectivity index (χ2v) is 11.7. The summed E-state index contributed by atoms with van der Waals surface area (Å²) in [7, 11) is 3.66. The fraction of sp³-hybridized carbons (Fsp3) is 0.282. The summed E-state index contributed by atoms with van der Waals surface area (Å²) in [6.45, 7) is 4.48. The van der Waals surface area contributed by atoms with E-state index >= 15 is 0 Å². The predicted molar refractivity (Wildman–Crippen MR) is 183 cm³/mol.